The van der Waals surface area contributed by atoms with Crippen molar-refractivity contribution in [3.8, 4) is 0 Å². The Balaban J connectivity index is 0.00000196. The molecule has 0 aliphatic rings. The van der Waals surface area contributed by atoms with Gasteiger partial charge in [-0.2, -0.15) is 0 Å². The standard InChI is InChI=1S/C13H17O.Li/c1-3-11(2)13(14)10-9-12-7-5-4-6-8-12;/h3-8,13H,9-10H2,1-2H3;/q-1;+1/b11-3+;. The Kier molecular flexibility index (Phi) is 7.51. The molecule has 0 saturated heterocycles. The van der Waals surface area contributed by atoms with E-state index in [-0.39, 0.29) is 18.9 Å². The van der Waals surface area contributed by atoms with Crippen LogP contribution in [0.2, 0.25) is 0 Å². The van der Waals surface area contributed by atoms with E-state index in [0.717, 1.165) is 12.0 Å². The summed E-state index contributed by atoms with van der Waals surface area (Å²) in [6.45, 7) is 3.82. The minimum Gasteiger partial charge on any atom is -0.849 e. The fourth-order valence-electron chi connectivity index (χ4n) is 1.36. The third kappa shape index (κ3) is 5.23. The van der Waals surface area contributed by atoms with Crippen molar-refractivity contribution in [1.29, 1.82) is 0 Å². The Bertz CT molecular complexity index is 293. The minimum atomic E-state index is -0.541. The van der Waals surface area contributed by atoms with Crippen molar-refractivity contribution in [1.82, 2.24) is 0 Å². The van der Waals surface area contributed by atoms with E-state index >= 15 is 0 Å². The summed E-state index contributed by atoms with van der Waals surface area (Å²) in [5, 5.41) is 11.6. The summed E-state index contributed by atoms with van der Waals surface area (Å²) in [5.74, 6) is 0. The number of benzene rings is 1. The molecule has 0 aromatic heterocycles. The van der Waals surface area contributed by atoms with Crippen LogP contribution in [0.25, 0.3) is 0 Å². The number of aryl methyl sites for hydroxylation is 1. The number of hydrogen-bond donors (Lipinski definition) is 0. The minimum absolute atomic E-state index is 0. The van der Waals surface area contributed by atoms with Crippen LogP contribution in [0.5, 0.6) is 0 Å². The predicted octanol–water partition coefficient (Wildman–Crippen LogP) is -0.682. The van der Waals surface area contributed by atoms with E-state index < -0.39 is 6.10 Å². The molecule has 0 bridgehead atoms. The number of rotatable bonds is 4. The van der Waals surface area contributed by atoms with Crippen molar-refractivity contribution in [2.75, 3.05) is 0 Å². The van der Waals surface area contributed by atoms with Gasteiger partial charge >= 0.3 is 18.9 Å². The summed E-state index contributed by atoms with van der Waals surface area (Å²) < 4.78 is 0. The van der Waals surface area contributed by atoms with Crippen LogP contribution in [0.3, 0.4) is 0 Å². The van der Waals surface area contributed by atoms with E-state index in [2.05, 4.69) is 12.1 Å². The summed E-state index contributed by atoms with van der Waals surface area (Å²) >= 11 is 0. The van der Waals surface area contributed by atoms with Crippen molar-refractivity contribution >= 4 is 0 Å². The third-order valence-electron chi connectivity index (χ3n) is 2.50. The van der Waals surface area contributed by atoms with Crippen molar-refractivity contribution in [2.45, 2.75) is 32.8 Å². The van der Waals surface area contributed by atoms with E-state index in [1.807, 2.05) is 38.1 Å². The molecule has 0 heterocycles. The zero-order chi connectivity index (χ0) is 10.4. The maximum atomic E-state index is 11.6. The maximum absolute atomic E-state index is 11.6. The zero-order valence-electron chi connectivity index (χ0n) is 9.86. The molecule has 0 aliphatic heterocycles. The van der Waals surface area contributed by atoms with Gasteiger partial charge in [0.25, 0.3) is 0 Å². The fourth-order valence-corrected chi connectivity index (χ4v) is 1.36. The van der Waals surface area contributed by atoms with Gasteiger partial charge in [-0.1, -0.05) is 48.4 Å². The molecule has 1 rings (SSSR count). The molecule has 1 unspecified atom stereocenters. The summed E-state index contributed by atoms with van der Waals surface area (Å²) in [5.41, 5.74) is 2.19. The summed E-state index contributed by atoms with van der Waals surface area (Å²) in [4.78, 5) is 0. The van der Waals surface area contributed by atoms with Crippen molar-refractivity contribution in [3.63, 3.8) is 0 Å². The van der Waals surface area contributed by atoms with E-state index in [1.165, 1.54) is 5.56 Å². The van der Waals surface area contributed by atoms with Gasteiger partial charge in [0.05, 0.1) is 0 Å². The van der Waals surface area contributed by atoms with Crippen LogP contribution < -0.4 is 24.0 Å². The molecule has 0 N–H and O–H groups in total. The van der Waals surface area contributed by atoms with Gasteiger partial charge in [-0.05, 0) is 25.8 Å². The van der Waals surface area contributed by atoms with E-state index in [4.69, 9.17) is 0 Å². The molecule has 76 valence electrons. The molecule has 0 fully saturated rings. The van der Waals surface area contributed by atoms with Gasteiger partial charge in [-0.3, -0.25) is 0 Å². The van der Waals surface area contributed by atoms with Crippen LogP contribution in [0.1, 0.15) is 25.8 Å². The van der Waals surface area contributed by atoms with Crippen LogP contribution in [0.15, 0.2) is 42.0 Å². The van der Waals surface area contributed by atoms with Gasteiger partial charge in [0.1, 0.15) is 0 Å². The summed E-state index contributed by atoms with van der Waals surface area (Å²) in [6, 6.07) is 10.2. The molecule has 1 aromatic carbocycles. The van der Waals surface area contributed by atoms with Gasteiger partial charge < -0.3 is 5.11 Å². The van der Waals surface area contributed by atoms with Gasteiger partial charge in [-0.25, -0.2) is 0 Å². The third-order valence-corrected chi connectivity index (χ3v) is 2.50. The SMILES string of the molecule is C/C=C(\C)C([O-])CCc1ccccc1.[Li+]. The van der Waals surface area contributed by atoms with Crippen LogP contribution in [0, 0.1) is 0 Å². The second-order valence-electron chi connectivity index (χ2n) is 3.55. The van der Waals surface area contributed by atoms with Crippen molar-refractivity contribution in [2.24, 2.45) is 0 Å². The van der Waals surface area contributed by atoms with E-state index in [0.29, 0.717) is 6.42 Å². The monoisotopic (exact) mass is 196 g/mol. The smallest absolute Gasteiger partial charge is 0.849 e. The molecule has 1 atom stereocenters. The molecular formula is C13H17LiO. The first-order valence-corrected chi connectivity index (χ1v) is 5.06. The quantitative estimate of drug-likeness (QED) is 0.462. The fraction of sp³-hybridized carbons (Fsp3) is 0.385. The van der Waals surface area contributed by atoms with Crippen LogP contribution >= 0.6 is 0 Å². The van der Waals surface area contributed by atoms with Crippen molar-refractivity contribution in [3.05, 3.63) is 47.5 Å². The van der Waals surface area contributed by atoms with Crippen LogP contribution in [-0.2, 0) is 6.42 Å². The van der Waals surface area contributed by atoms with Gasteiger partial charge in [0, 0.05) is 0 Å². The number of allylic oxidation sites excluding steroid dienone is 1. The normalized spacial score (nSPS) is 13.1. The topological polar surface area (TPSA) is 23.1 Å². The molecule has 1 nitrogen and oxygen atoms in total. The Hall–Kier alpha value is -0.483. The molecule has 0 spiro atoms. The molecular weight excluding hydrogens is 179 g/mol. The second-order valence-corrected chi connectivity index (χ2v) is 3.55. The molecule has 0 aliphatic carbocycles. The van der Waals surface area contributed by atoms with Gasteiger partial charge in [0.15, 0.2) is 0 Å². The summed E-state index contributed by atoms with van der Waals surface area (Å²) in [6.07, 6.45) is 2.93. The Labute approximate surface area is 104 Å². The first-order valence-electron chi connectivity index (χ1n) is 5.06. The Morgan fingerprint density at radius 2 is 1.93 bits per heavy atom. The second kappa shape index (κ2) is 7.76. The molecule has 0 amide bonds. The van der Waals surface area contributed by atoms with E-state index in [1.54, 1.807) is 0 Å². The predicted molar refractivity (Wildman–Crippen MR) is 58.0 cm³/mol. The Morgan fingerprint density at radius 1 is 1.33 bits per heavy atom. The van der Waals surface area contributed by atoms with Gasteiger partial charge in [0.2, 0.25) is 0 Å². The van der Waals surface area contributed by atoms with E-state index in [9.17, 15) is 5.11 Å². The zero-order valence-corrected chi connectivity index (χ0v) is 9.86. The molecule has 2 heteroatoms. The van der Waals surface area contributed by atoms with Gasteiger partial charge in [-0.15, -0.1) is 6.10 Å². The molecule has 1 aromatic rings. The molecule has 0 radical (unpaired) electrons. The number of hydrogen-bond acceptors (Lipinski definition) is 1. The largest absolute Gasteiger partial charge is 1.00 e. The van der Waals surface area contributed by atoms with Crippen LogP contribution in [0.4, 0.5) is 0 Å². The maximum Gasteiger partial charge on any atom is 1.00 e. The Morgan fingerprint density at radius 3 is 2.47 bits per heavy atom. The first-order chi connectivity index (χ1) is 6.74. The average molecular weight is 196 g/mol. The molecule has 15 heavy (non-hydrogen) atoms. The first kappa shape index (κ1) is 14.5. The average Bonchev–Trinajstić information content (AvgIpc) is 2.26. The van der Waals surface area contributed by atoms with Crippen LogP contribution in [-0.4, -0.2) is 6.10 Å². The molecule has 0 saturated carbocycles. The van der Waals surface area contributed by atoms with Crippen molar-refractivity contribution < 1.29 is 24.0 Å². The summed E-state index contributed by atoms with van der Waals surface area (Å²) in [7, 11) is 0.